The van der Waals surface area contributed by atoms with Crippen molar-refractivity contribution in [1.82, 2.24) is 5.32 Å². The fraction of sp³-hybridized carbons (Fsp3) is 0.333. The molecule has 0 aromatic heterocycles. The number of hydrogen-bond acceptors (Lipinski definition) is 3. The van der Waals surface area contributed by atoms with Crippen molar-refractivity contribution in [3.05, 3.63) is 29.6 Å². The highest BCUT2D eigenvalue weighted by Crippen LogP contribution is 2.18. The summed E-state index contributed by atoms with van der Waals surface area (Å²) in [4.78, 5) is 11.7. The van der Waals surface area contributed by atoms with E-state index in [9.17, 15) is 9.18 Å². The van der Waals surface area contributed by atoms with Gasteiger partial charge in [-0.3, -0.25) is 0 Å². The van der Waals surface area contributed by atoms with E-state index < -0.39 is 11.8 Å². The second kappa shape index (κ2) is 5.94. The van der Waals surface area contributed by atoms with Crippen LogP contribution in [0.5, 0.6) is 0 Å². The topological polar surface area (TPSA) is 76.4 Å². The average Bonchev–Trinajstić information content (AvgIpc) is 2.81. The standard InChI is InChI=1S/C12H14FN3O2S/c13-8-2-1-3-9(10(8)11(14)19)16-12(17)15-7-4-5-18-6-7/h1-3,7H,4-6H2,(H2,14,19)(H2,15,16,17). The zero-order chi connectivity index (χ0) is 13.8. The first-order valence-corrected chi connectivity index (χ1v) is 6.22. The summed E-state index contributed by atoms with van der Waals surface area (Å²) in [6.07, 6.45) is 0.763. The van der Waals surface area contributed by atoms with Gasteiger partial charge in [0, 0.05) is 6.61 Å². The van der Waals surface area contributed by atoms with Gasteiger partial charge in [0.05, 0.1) is 23.9 Å². The monoisotopic (exact) mass is 283 g/mol. The van der Waals surface area contributed by atoms with Crippen LogP contribution in [0.15, 0.2) is 18.2 Å². The van der Waals surface area contributed by atoms with E-state index in [2.05, 4.69) is 10.6 Å². The number of anilines is 1. The van der Waals surface area contributed by atoms with Gasteiger partial charge in [-0.05, 0) is 18.6 Å². The maximum atomic E-state index is 13.6. The van der Waals surface area contributed by atoms with Gasteiger partial charge in [0.15, 0.2) is 0 Å². The van der Waals surface area contributed by atoms with Gasteiger partial charge < -0.3 is 21.1 Å². The molecule has 1 unspecified atom stereocenters. The summed E-state index contributed by atoms with van der Waals surface area (Å²) in [5.74, 6) is -0.561. The van der Waals surface area contributed by atoms with Crippen LogP contribution in [0.1, 0.15) is 12.0 Å². The number of thiocarbonyl (C=S) groups is 1. The van der Waals surface area contributed by atoms with Gasteiger partial charge in [-0.25, -0.2) is 9.18 Å². The summed E-state index contributed by atoms with van der Waals surface area (Å²) in [6, 6.07) is 3.80. The van der Waals surface area contributed by atoms with Crippen LogP contribution < -0.4 is 16.4 Å². The van der Waals surface area contributed by atoms with Crippen molar-refractivity contribution in [2.75, 3.05) is 18.5 Å². The molecular formula is C12H14FN3O2S. The summed E-state index contributed by atoms with van der Waals surface area (Å²) in [5.41, 5.74) is 5.75. The molecule has 1 heterocycles. The number of benzene rings is 1. The smallest absolute Gasteiger partial charge is 0.319 e. The van der Waals surface area contributed by atoms with Crippen LogP contribution in [0, 0.1) is 5.82 Å². The van der Waals surface area contributed by atoms with Crippen LogP contribution in [0.25, 0.3) is 0 Å². The number of rotatable bonds is 3. The number of urea groups is 1. The Bertz CT molecular complexity index is 504. The van der Waals surface area contributed by atoms with Crippen molar-refractivity contribution >= 4 is 28.9 Å². The molecule has 7 heteroatoms. The summed E-state index contributed by atoms with van der Waals surface area (Å²) in [6.45, 7) is 1.11. The highest BCUT2D eigenvalue weighted by molar-refractivity contribution is 7.80. The third-order valence-electron chi connectivity index (χ3n) is 2.77. The summed E-state index contributed by atoms with van der Waals surface area (Å²) in [5, 5.41) is 5.28. The number of nitrogens with two attached hydrogens (primary N) is 1. The molecule has 0 spiro atoms. The highest BCUT2D eigenvalue weighted by atomic mass is 32.1. The van der Waals surface area contributed by atoms with Crippen LogP contribution in [0.3, 0.4) is 0 Å². The molecule has 0 radical (unpaired) electrons. The summed E-state index contributed by atoms with van der Waals surface area (Å²) >= 11 is 4.78. The minimum Gasteiger partial charge on any atom is -0.389 e. The first-order valence-electron chi connectivity index (χ1n) is 5.81. The molecule has 2 amide bonds. The number of halogens is 1. The van der Waals surface area contributed by atoms with E-state index in [0.29, 0.717) is 13.2 Å². The minimum atomic E-state index is -0.561. The quantitative estimate of drug-likeness (QED) is 0.732. The average molecular weight is 283 g/mol. The van der Waals surface area contributed by atoms with E-state index in [1.807, 2.05) is 0 Å². The van der Waals surface area contributed by atoms with Crippen LogP contribution >= 0.6 is 12.2 Å². The fourth-order valence-corrected chi connectivity index (χ4v) is 2.08. The third-order valence-corrected chi connectivity index (χ3v) is 2.98. The van der Waals surface area contributed by atoms with Gasteiger partial charge in [-0.15, -0.1) is 0 Å². The normalized spacial score (nSPS) is 18.1. The van der Waals surface area contributed by atoms with E-state index in [4.69, 9.17) is 22.7 Å². The summed E-state index contributed by atoms with van der Waals surface area (Å²) in [7, 11) is 0. The Kier molecular flexibility index (Phi) is 4.28. The van der Waals surface area contributed by atoms with Crippen LogP contribution in [0.4, 0.5) is 14.9 Å². The predicted octanol–water partition coefficient (Wildman–Crippen LogP) is 1.37. The molecule has 1 saturated heterocycles. The van der Waals surface area contributed by atoms with Crippen molar-refractivity contribution < 1.29 is 13.9 Å². The van der Waals surface area contributed by atoms with E-state index in [0.717, 1.165) is 6.42 Å². The summed E-state index contributed by atoms with van der Waals surface area (Å²) < 4.78 is 18.7. The van der Waals surface area contributed by atoms with Crippen LogP contribution in [-0.4, -0.2) is 30.3 Å². The van der Waals surface area contributed by atoms with E-state index in [1.54, 1.807) is 6.07 Å². The van der Waals surface area contributed by atoms with Crippen molar-refractivity contribution in [3.8, 4) is 0 Å². The SMILES string of the molecule is NC(=S)c1c(F)cccc1NC(=O)NC1CCOC1. The van der Waals surface area contributed by atoms with Gasteiger partial charge in [-0.1, -0.05) is 18.3 Å². The number of carbonyl (C=O) groups is 1. The number of nitrogens with one attached hydrogen (secondary N) is 2. The Morgan fingerprint density at radius 3 is 2.95 bits per heavy atom. The van der Waals surface area contributed by atoms with E-state index in [-0.39, 0.29) is 22.3 Å². The molecule has 0 saturated carbocycles. The second-order valence-corrected chi connectivity index (χ2v) is 4.63. The zero-order valence-corrected chi connectivity index (χ0v) is 10.9. The molecular weight excluding hydrogens is 269 g/mol. The van der Waals surface area contributed by atoms with Crippen molar-refractivity contribution in [3.63, 3.8) is 0 Å². The Labute approximate surface area is 115 Å². The Morgan fingerprint density at radius 1 is 1.53 bits per heavy atom. The Morgan fingerprint density at radius 2 is 2.32 bits per heavy atom. The number of ether oxygens (including phenoxy) is 1. The molecule has 2 rings (SSSR count). The molecule has 1 atom stereocenters. The Hall–Kier alpha value is -1.73. The molecule has 1 fully saturated rings. The molecule has 1 aromatic rings. The fourth-order valence-electron chi connectivity index (χ4n) is 1.87. The Balaban J connectivity index is 2.07. The lowest BCUT2D eigenvalue weighted by Crippen LogP contribution is -2.38. The molecule has 1 aliphatic heterocycles. The number of amides is 2. The molecule has 4 N–H and O–H groups in total. The van der Waals surface area contributed by atoms with E-state index >= 15 is 0 Å². The number of carbonyl (C=O) groups excluding carboxylic acids is 1. The first kappa shape index (κ1) is 13.7. The lowest BCUT2D eigenvalue weighted by atomic mass is 10.1. The molecule has 5 nitrogen and oxygen atoms in total. The van der Waals surface area contributed by atoms with Crippen LogP contribution in [0.2, 0.25) is 0 Å². The maximum absolute atomic E-state index is 13.6. The van der Waals surface area contributed by atoms with Gasteiger partial charge in [0.2, 0.25) is 0 Å². The van der Waals surface area contributed by atoms with E-state index in [1.165, 1.54) is 12.1 Å². The van der Waals surface area contributed by atoms with Gasteiger partial charge in [0.1, 0.15) is 10.8 Å². The molecule has 0 aliphatic carbocycles. The van der Waals surface area contributed by atoms with Gasteiger partial charge >= 0.3 is 6.03 Å². The van der Waals surface area contributed by atoms with Crippen LogP contribution in [-0.2, 0) is 4.74 Å². The highest BCUT2D eigenvalue weighted by Gasteiger charge is 2.19. The lowest BCUT2D eigenvalue weighted by molar-refractivity contribution is 0.189. The molecule has 1 aliphatic rings. The largest absolute Gasteiger partial charge is 0.389 e. The molecule has 102 valence electrons. The second-order valence-electron chi connectivity index (χ2n) is 4.19. The predicted molar refractivity (Wildman–Crippen MR) is 73.7 cm³/mol. The minimum absolute atomic E-state index is 0.0261. The molecule has 1 aromatic carbocycles. The molecule has 19 heavy (non-hydrogen) atoms. The van der Waals surface area contributed by atoms with Crippen molar-refractivity contribution in [1.29, 1.82) is 0 Å². The first-order chi connectivity index (χ1) is 9.08. The zero-order valence-electron chi connectivity index (χ0n) is 10.1. The van der Waals surface area contributed by atoms with Crippen molar-refractivity contribution in [2.24, 2.45) is 5.73 Å². The number of hydrogen-bond donors (Lipinski definition) is 3. The van der Waals surface area contributed by atoms with Crippen molar-refractivity contribution in [2.45, 2.75) is 12.5 Å². The third kappa shape index (κ3) is 3.39. The molecule has 0 bridgehead atoms. The van der Waals surface area contributed by atoms with Gasteiger partial charge in [-0.2, -0.15) is 0 Å². The maximum Gasteiger partial charge on any atom is 0.319 e. The van der Waals surface area contributed by atoms with Gasteiger partial charge in [0.25, 0.3) is 0 Å². The lowest BCUT2D eigenvalue weighted by Gasteiger charge is -2.14.